The van der Waals surface area contributed by atoms with Gasteiger partial charge in [0.15, 0.2) is 6.61 Å². The number of ether oxygens (including phenoxy) is 1. The lowest BCUT2D eigenvalue weighted by atomic mass is 10.2. The highest BCUT2D eigenvalue weighted by Crippen LogP contribution is 2.23. The topological polar surface area (TPSA) is 81.5 Å². The van der Waals surface area contributed by atoms with Crippen LogP contribution in [0, 0.1) is 17.0 Å². The molecule has 1 N–H and O–H groups in total. The predicted octanol–water partition coefficient (Wildman–Crippen LogP) is 2.92. The average Bonchev–Trinajstić information content (AvgIpc) is 2.47. The Bertz CT molecular complexity index is 670. The number of benzene rings is 2. The number of aryl methyl sites for hydroxylation is 1. The Balaban J connectivity index is 2.00. The van der Waals surface area contributed by atoms with E-state index >= 15 is 0 Å². The second-order valence-corrected chi connectivity index (χ2v) is 4.38. The molecule has 0 aromatic heterocycles. The van der Waals surface area contributed by atoms with Crippen molar-refractivity contribution in [2.24, 2.45) is 0 Å². The normalized spacial score (nSPS) is 9.95. The quantitative estimate of drug-likeness (QED) is 0.676. The largest absolute Gasteiger partial charge is 0.483 e. The third-order valence-electron chi connectivity index (χ3n) is 2.83. The number of hydrogen-bond donors (Lipinski definition) is 1. The van der Waals surface area contributed by atoms with E-state index in [1.807, 2.05) is 25.1 Å². The van der Waals surface area contributed by atoms with Gasteiger partial charge in [-0.25, -0.2) is 0 Å². The van der Waals surface area contributed by atoms with Crippen LogP contribution in [0.2, 0.25) is 0 Å². The number of anilines is 1. The highest BCUT2D eigenvalue weighted by atomic mass is 16.6. The number of carbonyl (C=O) groups excluding carboxylic acids is 1. The minimum Gasteiger partial charge on any atom is -0.483 e. The molecule has 0 aliphatic heterocycles. The van der Waals surface area contributed by atoms with Crippen molar-refractivity contribution in [3.8, 4) is 5.75 Å². The molecule has 0 heterocycles. The van der Waals surface area contributed by atoms with Crippen molar-refractivity contribution in [2.45, 2.75) is 6.92 Å². The first-order valence-electron chi connectivity index (χ1n) is 6.29. The monoisotopic (exact) mass is 286 g/mol. The number of nitrogens with one attached hydrogen (secondary N) is 1. The molecular formula is C15H14N2O4. The summed E-state index contributed by atoms with van der Waals surface area (Å²) >= 11 is 0. The van der Waals surface area contributed by atoms with Crippen molar-refractivity contribution in [1.29, 1.82) is 0 Å². The summed E-state index contributed by atoms with van der Waals surface area (Å²) in [5, 5.41) is 13.3. The molecule has 0 atom stereocenters. The van der Waals surface area contributed by atoms with E-state index in [2.05, 4.69) is 5.32 Å². The van der Waals surface area contributed by atoms with Crippen LogP contribution < -0.4 is 10.1 Å². The number of rotatable bonds is 5. The van der Waals surface area contributed by atoms with Crippen LogP contribution in [0.4, 0.5) is 11.4 Å². The van der Waals surface area contributed by atoms with Crippen molar-refractivity contribution in [3.05, 3.63) is 64.2 Å². The number of carbonyl (C=O) groups is 1. The molecule has 0 bridgehead atoms. The van der Waals surface area contributed by atoms with Gasteiger partial charge in [-0.2, -0.15) is 0 Å². The molecule has 0 aliphatic carbocycles. The minimum atomic E-state index is -0.544. The maximum Gasteiger partial charge on any atom is 0.292 e. The van der Waals surface area contributed by atoms with E-state index in [4.69, 9.17) is 4.74 Å². The lowest BCUT2D eigenvalue weighted by Gasteiger charge is -2.09. The lowest BCUT2D eigenvalue weighted by molar-refractivity contribution is -0.383. The van der Waals surface area contributed by atoms with E-state index in [1.54, 1.807) is 12.1 Å². The molecule has 1 amide bonds. The van der Waals surface area contributed by atoms with Crippen LogP contribution in [0.1, 0.15) is 5.56 Å². The molecular weight excluding hydrogens is 272 g/mol. The van der Waals surface area contributed by atoms with Gasteiger partial charge in [-0.3, -0.25) is 14.9 Å². The van der Waals surface area contributed by atoms with Gasteiger partial charge in [0.1, 0.15) is 11.4 Å². The van der Waals surface area contributed by atoms with Crippen molar-refractivity contribution < 1.29 is 14.5 Å². The van der Waals surface area contributed by atoms with Crippen LogP contribution in [0.15, 0.2) is 48.5 Å². The second kappa shape index (κ2) is 6.51. The van der Waals surface area contributed by atoms with Crippen LogP contribution in [0.3, 0.4) is 0 Å². The van der Waals surface area contributed by atoms with Crippen LogP contribution in [0.5, 0.6) is 5.75 Å². The molecule has 108 valence electrons. The number of nitro benzene ring substituents is 1. The fourth-order valence-electron chi connectivity index (χ4n) is 1.79. The second-order valence-electron chi connectivity index (χ2n) is 4.38. The van der Waals surface area contributed by atoms with Crippen LogP contribution in [-0.4, -0.2) is 17.4 Å². The van der Waals surface area contributed by atoms with Gasteiger partial charge in [0.2, 0.25) is 0 Å². The summed E-state index contributed by atoms with van der Waals surface area (Å²) in [6, 6.07) is 13.3. The molecule has 6 nitrogen and oxygen atoms in total. The van der Waals surface area contributed by atoms with Gasteiger partial charge in [-0.05, 0) is 24.6 Å². The van der Waals surface area contributed by atoms with E-state index in [-0.39, 0.29) is 18.0 Å². The van der Waals surface area contributed by atoms with Gasteiger partial charge in [-0.15, -0.1) is 0 Å². The zero-order valence-electron chi connectivity index (χ0n) is 11.4. The Morgan fingerprint density at radius 3 is 2.57 bits per heavy atom. The van der Waals surface area contributed by atoms with Crippen LogP contribution >= 0.6 is 0 Å². The van der Waals surface area contributed by atoms with Crippen molar-refractivity contribution in [1.82, 2.24) is 0 Å². The van der Waals surface area contributed by atoms with E-state index in [1.165, 1.54) is 18.2 Å². The summed E-state index contributed by atoms with van der Waals surface area (Å²) < 4.78 is 5.39. The summed E-state index contributed by atoms with van der Waals surface area (Å²) in [4.78, 5) is 22.1. The smallest absolute Gasteiger partial charge is 0.292 e. The van der Waals surface area contributed by atoms with E-state index in [0.717, 1.165) is 5.56 Å². The Labute approximate surface area is 121 Å². The van der Waals surface area contributed by atoms with E-state index in [0.29, 0.717) is 5.75 Å². The zero-order chi connectivity index (χ0) is 15.2. The number of amides is 1. The summed E-state index contributed by atoms with van der Waals surface area (Å²) in [6.07, 6.45) is 0. The molecule has 0 unspecified atom stereocenters. The van der Waals surface area contributed by atoms with Crippen molar-refractivity contribution >= 4 is 17.3 Å². The van der Waals surface area contributed by atoms with Gasteiger partial charge in [0.25, 0.3) is 11.6 Å². The van der Waals surface area contributed by atoms with Gasteiger partial charge < -0.3 is 10.1 Å². The third-order valence-corrected chi connectivity index (χ3v) is 2.83. The van der Waals surface area contributed by atoms with Gasteiger partial charge >= 0.3 is 0 Å². The van der Waals surface area contributed by atoms with Crippen LogP contribution in [-0.2, 0) is 4.79 Å². The summed E-state index contributed by atoms with van der Waals surface area (Å²) in [5.41, 5.74) is 0.915. The molecule has 0 saturated carbocycles. The fourth-order valence-corrected chi connectivity index (χ4v) is 1.79. The first kappa shape index (κ1) is 14.5. The molecule has 0 spiro atoms. The number of hydrogen-bond acceptors (Lipinski definition) is 4. The first-order chi connectivity index (χ1) is 10.1. The lowest BCUT2D eigenvalue weighted by Crippen LogP contribution is -2.20. The molecule has 2 rings (SSSR count). The standard InChI is InChI=1S/C15H14N2O4/c1-11-6-2-5-9-14(11)21-10-15(18)16-12-7-3-4-8-13(12)17(19)20/h2-9H,10H2,1H3,(H,16,18). The molecule has 0 saturated heterocycles. The highest BCUT2D eigenvalue weighted by Gasteiger charge is 2.15. The Kier molecular flexibility index (Phi) is 4.50. The Morgan fingerprint density at radius 2 is 1.86 bits per heavy atom. The SMILES string of the molecule is Cc1ccccc1OCC(=O)Nc1ccccc1[N+](=O)[O-]. The Hall–Kier alpha value is -2.89. The van der Waals surface area contributed by atoms with Crippen LogP contribution in [0.25, 0.3) is 0 Å². The fraction of sp³-hybridized carbons (Fsp3) is 0.133. The van der Waals surface area contributed by atoms with Gasteiger partial charge in [0.05, 0.1) is 4.92 Å². The molecule has 0 aliphatic rings. The summed E-state index contributed by atoms with van der Waals surface area (Å²) in [7, 11) is 0. The number of nitro groups is 1. The van der Waals surface area contributed by atoms with Crippen molar-refractivity contribution in [2.75, 3.05) is 11.9 Å². The van der Waals surface area contributed by atoms with Crippen molar-refractivity contribution in [3.63, 3.8) is 0 Å². The molecule has 2 aromatic rings. The Morgan fingerprint density at radius 1 is 1.19 bits per heavy atom. The number of nitrogens with zero attached hydrogens (tertiary/aromatic N) is 1. The average molecular weight is 286 g/mol. The van der Waals surface area contributed by atoms with Gasteiger partial charge in [-0.1, -0.05) is 30.3 Å². The van der Waals surface area contributed by atoms with E-state index in [9.17, 15) is 14.9 Å². The third kappa shape index (κ3) is 3.79. The molecule has 0 fully saturated rings. The first-order valence-corrected chi connectivity index (χ1v) is 6.29. The summed E-state index contributed by atoms with van der Waals surface area (Å²) in [5.74, 6) is 0.155. The molecule has 6 heteroatoms. The minimum absolute atomic E-state index is 0.151. The molecule has 0 radical (unpaired) electrons. The summed E-state index contributed by atoms with van der Waals surface area (Å²) in [6.45, 7) is 1.66. The predicted molar refractivity (Wildman–Crippen MR) is 78.4 cm³/mol. The zero-order valence-corrected chi connectivity index (χ0v) is 11.4. The highest BCUT2D eigenvalue weighted by molar-refractivity contribution is 5.94. The molecule has 2 aromatic carbocycles. The van der Waals surface area contributed by atoms with Gasteiger partial charge in [0, 0.05) is 6.07 Å². The molecule has 21 heavy (non-hydrogen) atoms. The van der Waals surface area contributed by atoms with E-state index < -0.39 is 10.8 Å². The maximum atomic E-state index is 11.8. The number of para-hydroxylation sites is 3. The maximum absolute atomic E-state index is 11.8.